The van der Waals surface area contributed by atoms with Gasteiger partial charge in [0.2, 0.25) is 11.8 Å². The second-order valence-corrected chi connectivity index (χ2v) is 6.58. The van der Waals surface area contributed by atoms with E-state index >= 15 is 0 Å². The van der Waals surface area contributed by atoms with E-state index in [1.807, 2.05) is 41.0 Å². The Morgan fingerprint density at radius 1 is 1.12 bits per heavy atom. The third-order valence-corrected chi connectivity index (χ3v) is 5.16. The molecule has 2 unspecified atom stereocenters. The number of amides is 2. The lowest BCUT2D eigenvalue weighted by atomic mass is 9.88. The van der Waals surface area contributed by atoms with E-state index in [9.17, 15) is 9.59 Å². The predicted molar refractivity (Wildman–Crippen MR) is 93.5 cm³/mol. The summed E-state index contributed by atoms with van der Waals surface area (Å²) >= 11 is 0. The van der Waals surface area contributed by atoms with E-state index in [-0.39, 0.29) is 23.7 Å². The molecule has 0 N–H and O–H groups in total. The van der Waals surface area contributed by atoms with Crippen LogP contribution in [-0.2, 0) is 14.3 Å². The number of rotatable bonds is 4. The highest BCUT2D eigenvalue weighted by Crippen LogP contribution is 2.35. The third-order valence-electron chi connectivity index (χ3n) is 5.16. The average molecular weight is 346 g/mol. The quantitative estimate of drug-likeness (QED) is 0.829. The Balaban J connectivity index is 1.82. The first-order chi connectivity index (χ1) is 12.1. The van der Waals surface area contributed by atoms with Gasteiger partial charge in [0.1, 0.15) is 5.75 Å². The maximum absolute atomic E-state index is 13.1. The van der Waals surface area contributed by atoms with Crippen LogP contribution in [0.1, 0.15) is 24.8 Å². The Labute approximate surface area is 148 Å². The van der Waals surface area contributed by atoms with Crippen LogP contribution in [0.2, 0.25) is 0 Å². The zero-order valence-corrected chi connectivity index (χ0v) is 14.9. The standard InChI is InChI=1S/C19H26N2O4/c1-3-18(22)21-12-16(14-4-6-15(24-2)7-5-14)17(13-21)19(23)20-8-10-25-11-9-20/h4-7,16-17H,3,8-13H2,1-2H3. The van der Waals surface area contributed by atoms with Gasteiger partial charge in [-0.1, -0.05) is 19.1 Å². The van der Waals surface area contributed by atoms with E-state index in [2.05, 4.69) is 0 Å². The van der Waals surface area contributed by atoms with Crippen LogP contribution in [0, 0.1) is 5.92 Å². The average Bonchev–Trinajstić information content (AvgIpc) is 3.13. The summed E-state index contributed by atoms with van der Waals surface area (Å²) in [5.74, 6) is 0.865. The van der Waals surface area contributed by atoms with E-state index in [1.54, 1.807) is 7.11 Å². The molecule has 2 fully saturated rings. The molecule has 136 valence electrons. The monoisotopic (exact) mass is 346 g/mol. The number of methoxy groups -OCH3 is 1. The van der Waals surface area contributed by atoms with Gasteiger partial charge < -0.3 is 19.3 Å². The molecular formula is C19H26N2O4. The van der Waals surface area contributed by atoms with Crippen molar-refractivity contribution in [3.05, 3.63) is 29.8 Å². The van der Waals surface area contributed by atoms with Crippen LogP contribution in [0.5, 0.6) is 5.75 Å². The summed E-state index contributed by atoms with van der Waals surface area (Å²) < 4.78 is 10.6. The van der Waals surface area contributed by atoms with Crippen molar-refractivity contribution in [1.82, 2.24) is 9.80 Å². The topological polar surface area (TPSA) is 59.1 Å². The summed E-state index contributed by atoms with van der Waals surface area (Å²) in [5.41, 5.74) is 1.08. The summed E-state index contributed by atoms with van der Waals surface area (Å²) in [4.78, 5) is 29.0. The van der Waals surface area contributed by atoms with Gasteiger partial charge in [-0.3, -0.25) is 9.59 Å². The molecule has 25 heavy (non-hydrogen) atoms. The third kappa shape index (κ3) is 3.79. The smallest absolute Gasteiger partial charge is 0.228 e. The van der Waals surface area contributed by atoms with Gasteiger partial charge in [-0.15, -0.1) is 0 Å². The number of nitrogens with zero attached hydrogens (tertiary/aromatic N) is 2. The molecule has 0 radical (unpaired) electrons. The minimum absolute atomic E-state index is 0.0248. The van der Waals surface area contributed by atoms with Gasteiger partial charge in [-0.2, -0.15) is 0 Å². The molecule has 6 nitrogen and oxygen atoms in total. The Morgan fingerprint density at radius 3 is 2.40 bits per heavy atom. The highest BCUT2D eigenvalue weighted by Gasteiger charge is 2.41. The number of benzene rings is 1. The van der Waals surface area contributed by atoms with Crippen molar-refractivity contribution in [3.8, 4) is 5.75 Å². The van der Waals surface area contributed by atoms with Crippen LogP contribution in [0.25, 0.3) is 0 Å². The van der Waals surface area contributed by atoms with Gasteiger partial charge in [0, 0.05) is 38.5 Å². The summed E-state index contributed by atoms with van der Waals surface area (Å²) in [6.45, 7) is 5.40. The highest BCUT2D eigenvalue weighted by molar-refractivity contribution is 5.83. The molecule has 0 spiro atoms. The van der Waals surface area contributed by atoms with Gasteiger partial charge in [0.15, 0.2) is 0 Å². The number of hydrogen-bond donors (Lipinski definition) is 0. The Kier molecular flexibility index (Phi) is 5.58. The summed E-state index contributed by atoms with van der Waals surface area (Å²) in [5, 5.41) is 0. The molecule has 1 aromatic carbocycles. The fourth-order valence-corrected chi connectivity index (χ4v) is 3.69. The van der Waals surface area contributed by atoms with Crippen LogP contribution >= 0.6 is 0 Å². The molecule has 1 aromatic rings. The largest absolute Gasteiger partial charge is 0.497 e. The molecule has 0 aromatic heterocycles. The van der Waals surface area contributed by atoms with Gasteiger partial charge in [-0.25, -0.2) is 0 Å². The summed E-state index contributed by atoms with van der Waals surface area (Å²) in [6, 6.07) is 7.83. The second-order valence-electron chi connectivity index (χ2n) is 6.58. The Bertz CT molecular complexity index is 610. The second kappa shape index (κ2) is 7.87. The first-order valence-electron chi connectivity index (χ1n) is 8.92. The van der Waals surface area contributed by atoms with E-state index in [0.29, 0.717) is 45.8 Å². The van der Waals surface area contributed by atoms with Crippen LogP contribution in [-0.4, -0.2) is 68.1 Å². The lowest BCUT2D eigenvalue weighted by Gasteiger charge is -2.30. The molecule has 3 rings (SSSR count). The van der Waals surface area contributed by atoms with E-state index in [0.717, 1.165) is 11.3 Å². The van der Waals surface area contributed by atoms with Crippen LogP contribution < -0.4 is 4.74 Å². The summed E-state index contributed by atoms with van der Waals surface area (Å²) in [7, 11) is 1.64. The lowest BCUT2D eigenvalue weighted by molar-refractivity contribution is -0.140. The number of ether oxygens (including phenoxy) is 2. The molecule has 6 heteroatoms. The maximum Gasteiger partial charge on any atom is 0.228 e. The molecule has 2 saturated heterocycles. The molecular weight excluding hydrogens is 320 g/mol. The molecule has 2 atom stereocenters. The molecule has 2 aliphatic heterocycles. The minimum Gasteiger partial charge on any atom is -0.497 e. The zero-order valence-electron chi connectivity index (χ0n) is 14.9. The molecule has 0 bridgehead atoms. The van der Waals surface area contributed by atoms with E-state index < -0.39 is 0 Å². The Morgan fingerprint density at radius 2 is 1.80 bits per heavy atom. The van der Waals surface area contributed by atoms with Crippen LogP contribution in [0.3, 0.4) is 0 Å². The number of carbonyl (C=O) groups is 2. The van der Waals surface area contributed by atoms with E-state index in [1.165, 1.54) is 0 Å². The zero-order chi connectivity index (χ0) is 17.8. The van der Waals surface area contributed by atoms with Crippen molar-refractivity contribution in [2.45, 2.75) is 19.3 Å². The maximum atomic E-state index is 13.1. The first kappa shape index (κ1) is 17.7. The Hall–Kier alpha value is -2.08. The first-order valence-corrected chi connectivity index (χ1v) is 8.92. The van der Waals surface area contributed by atoms with Gasteiger partial charge in [0.25, 0.3) is 0 Å². The van der Waals surface area contributed by atoms with Crippen LogP contribution in [0.4, 0.5) is 0 Å². The van der Waals surface area contributed by atoms with Crippen molar-refractivity contribution < 1.29 is 19.1 Å². The normalized spacial score (nSPS) is 23.6. The van der Waals surface area contributed by atoms with Gasteiger partial charge in [0.05, 0.1) is 26.2 Å². The highest BCUT2D eigenvalue weighted by atomic mass is 16.5. The molecule has 0 saturated carbocycles. The van der Waals surface area contributed by atoms with Crippen molar-refractivity contribution >= 4 is 11.8 Å². The number of carbonyl (C=O) groups excluding carboxylic acids is 2. The van der Waals surface area contributed by atoms with Crippen molar-refractivity contribution in [2.24, 2.45) is 5.92 Å². The predicted octanol–water partition coefficient (Wildman–Crippen LogP) is 1.51. The number of hydrogen-bond acceptors (Lipinski definition) is 4. The molecule has 2 aliphatic rings. The lowest BCUT2D eigenvalue weighted by Crippen LogP contribution is -2.45. The van der Waals surface area contributed by atoms with Crippen molar-refractivity contribution in [1.29, 1.82) is 0 Å². The van der Waals surface area contributed by atoms with Gasteiger partial charge in [-0.05, 0) is 17.7 Å². The number of likely N-dealkylation sites (tertiary alicyclic amines) is 1. The molecule has 2 heterocycles. The number of morpholine rings is 1. The fourth-order valence-electron chi connectivity index (χ4n) is 3.69. The minimum atomic E-state index is -0.193. The van der Waals surface area contributed by atoms with E-state index in [4.69, 9.17) is 9.47 Å². The van der Waals surface area contributed by atoms with Crippen molar-refractivity contribution in [2.75, 3.05) is 46.5 Å². The summed E-state index contributed by atoms with van der Waals surface area (Å²) in [6.07, 6.45) is 0.466. The van der Waals surface area contributed by atoms with Crippen LogP contribution in [0.15, 0.2) is 24.3 Å². The van der Waals surface area contributed by atoms with Crippen molar-refractivity contribution in [3.63, 3.8) is 0 Å². The van der Waals surface area contributed by atoms with Gasteiger partial charge >= 0.3 is 0 Å². The molecule has 0 aliphatic carbocycles. The molecule has 2 amide bonds. The SMILES string of the molecule is CCC(=O)N1CC(C(=O)N2CCOCC2)C(c2ccc(OC)cc2)C1. The fraction of sp³-hybridized carbons (Fsp3) is 0.579.